The molecule has 0 spiro atoms. The Morgan fingerprint density at radius 2 is 1.80 bits per heavy atom. The summed E-state index contributed by atoms with van der Waals surface area (Å²) in [5.74, 6) is -0.632. The lowest BCUT2D eigenvalue weighted by Crippen LogP contribution is -2.42. The molecule has 0 fully saturated rings. The standard InChI is InChI=1S/C15H25N2O6PS/c1-12(2)23-15(18)13(3)16-24(19,11-22-4)17(25(5,20)21)14-9-7-6-8-10-14/h6-10,12-13H,11H2,1-5H3,(H,16,19)/t13-,24?/m0/s1. The van der Waals surface area contributed by atoms with Gasteiger partial charge in [-0.25, -0.2) is 17.6 Å². The number of carbonyl (C=O) groups excluding carboxylic acids is 1. The van der Waals surface area contributed by atoms with Crippen LogP contribution < -0.4 is 9.16 Å². The van der Waals surface area contributed by atoms with Gasteiger partial charge >= 0.3 is 5.97 Å². The van der Waals surface area contributed by atoms with Crippen LogP contribution in [0.1, 0.15) is 20.8 Å². The molecule has 1 rings (SSSR count). The lowest BCUT2D eigenvalue weighted by Gasteiger charge is -2.33. The van der Waals surface area contributed by atoms with Gasteiger partial charge in [-0.1, -0.05) is 18.2 Å². The van der Waals surface area contributed by atoms with E-state index >= 15 is 0 Å². The van der Waals surface area contributed by atoms with Gasteiger partial charge in [0.2, 0.25) is 10.0 Å². The maximum absolute atomic E-state index is 13.5. The van der Waals surface area contributed by atoms with Crippen molar-refractivity contribution < 1.29 is 27.3 Å². The van der Waals surface area contributed by atoms with E-state index in [1.165, 1.54) is 26.2 Å². The molecule has 0 aromatic heterocycles. The highest BCUT2D eigenvalue weighted by Crippen LogP contribution is 2.50. The van der Waals surface area contributed by atoms with Crippen LogP contribution in [-0.2, 0) is 28.9 Å². The summed E-state index contributed by atoms with van der Waals surface area (Å²) in [5, 5.41) is 2.61. The fourth-order valence-electron chi connectivity index (χ4n) is 2.18. The molecule has 25 heavy (non-hydrogen) atoms. The summed E-state index contributed by atoms with van der Waals surface area (Å²) in [6, 6.07) is 7.00. The van der Waals surface area contributed by atoms with Gasteiger partial charge in [0.05, 0.1) is 18.0 Å². The molecule has 1 N–H and O–H groups in total. The van der Waals surface area contributed by atoms with Crippen LogP contribution in [0.3, 0.4) is 0 Å². The Kier molecular flexibility index (Phi) is 7.62. The van der Waals surface area contributed by atoms with Crippen LogP contribution in [0.15, 0.2) is 30.3 Å². The number of hydrogen-bond donors (Lipinski definition) is 1. The smallest absolute Gasteiger partial charge is 0.323 e. The summed E-state index contributed by atoms with van der Waals surface area (Å²) in [7, 11) is -6.47. The van der Waals surface area contributed by atoms with Gasteiger partial charge in [-0.15, -0.1) is 0 Å². The zero-order valence-corrected chi connectivity index (χ0v) is 16.7. The van der Waals surface area contributed by atoms with Gasteiger partial charge < -0.3 is 9.47 Å². The summed E-state index contributed by atoms with van der Waals surface area (Å²) in [5.41, 5.74) is 0.210. The van der Waals surface area contributed by atoms with E-state index in [0.29, 0.717) is 0 Å². The molecular weight excluding hydrogens is 367 g/mol. The number of anilines is 1. The zero-order chi connectivity index (χ0) is 19.3. The van der Waals surface area contributed by atoms with Crippen LogP contribution in [-0.4, -0.2) is 46.2 Å². The Hall–Kier alpha value is -1.41. The number of rotatable bonds is 9. The van der Waals surface area contributed by atoms with E-state index in [-0.39, 0.29) is 11.8 Å². The second kappa shape index (κ2) is 8.80. The van der Waals surface area contributed by atoms with Crippen molar-refractivity contribution in [2.45, 2.75) is 32.9 Å². The van der Waals surface area contributed by atoms with Crippen molar-refractivity contribution in [3.05, 3.63) is 30.3 Å². The predicted molar refractivity (Wildman–Crippen MR) is 97.1 cm³/mol. The van der Waals surface area contributed by atoms with Crippen LogP contribution in [0.25, 0.3) is 0 Å². The molecule has 0 amide bonds. The molecule has 2 atom stereocenters. The lowest BCUT2D eigenvalue weighted by molar-refractivity contribution is -0.148. The minimum absolute atomic E-state index is 0.210. The molecular formula is C15H25N2O6PS. The maximum Gasteiger partial charge on any atom is 0.323 e. The highest BCUT2D eigenvalue weighted by molar-refractivity contribution is 8.00. The number of hydrogen-bond acceptors (Lipinski definition) is 6. The molecule has 0 saturated carbocycles. The average Bonchev–Trinajstić information content (AvgIpc) is 2.46. The normalized spacial score (nSPS) is 15.4. The Morgan fingerprint density at radius 1 is 1.24 bits per heavy atom. The van der Waals surface area contributed by atoms with Crippen molar-refractivity contribution in [3.63, 3.8) is 0 Å². The summed E-state index contributed by atoms with van der Waals surface area (Å²) in [4.78, 5) is 12.0. The molecule has 10 heteroatoms. The molecule has 0 aliphatic rings. The minimum Gasteiger partial charge on any atom is -0.462 e. The fraction of sp³-hybridized carbons (Fsp3) is 0.533. The maximum atomic E-state index is 13.5. The van der Waals surface area contributed by atoms with Crippen molar-refractivity contribution in [2.24, 2.45) is 0 Å². The van der Waals surface area contributed by atoms with E-state index in [1.807, 2.05) is 0 Å². The fourth-order valence-corrected chi connectivity index (χ4v) is 6.74. The summed E-state index contributed by atoms with van der Waals surface area (Å²) < 4.78 is 49.0. The molecule has 0 bridgehead atoms. The van der Waals surface area contributed by atoms with Gasteiger partial charge in [0.25, 0.3) is 7.44 Å². The number of nitrogens with zero attached hydrogens (tertiary/aromatic N) is 1. The molecule has 0 radical (unpaired) electrons. The van der Waals surface area contributed by atoms with Crippen molar-refractivity contribution in [3.8, 4) is 0 Å². The number of ether oxygens (including phenoxy) is 2. The van der Waals surface area contributed by atoms with Gasteiger partial charge in [-0.05, 0) is 32.9 Å². The number of carbonyl (C=O) groups is 1. The third-order valence-corrected chi connectivity index (χ3v) is 7.73. The van der Waals surface area contributed by atoms with E-state index in [0.717, 1.165) is 10.3 Å². The predicted octanol–water partition coefficient (Wildman–Crippen LogP) is 2.18. The first-order chi connectivity index (χ1) is 11.5. The Bertz CT molecular complexity index is 723. The highest BCUT2D eigenvalue weighted by atomic mass is 32.2. The van der Waals surface area contributed by atoms with Crippen LogP contribution in [0, 0.1) is 0 Å². The second-order valence-corrected chi connectivity index (χ2v) is 10.2. The topological polar surface area (TPSA) is 102 Å². The van der Waals surface area contributed by atoms with Gasteiger partial charge in [0.1, 0.15) is 12.4 Å². The molecule has 1 unspecified atom stereocenters. The first-order valence-electron chi connectivity index (χ1n) is 7.63. The monoisotopic (exact) mass is 392 g/mol. The molecule has 8 nitrogen and oxygen atoms in total. The van der Waals surface area contributed by atoms with E-state index in [1.54, 1.807) is 32.0 Å². The second-order valence-electron chi connectivity index (χ2n) is 5.80. The van der Waals surface area contributed by atoms with Crippen molar-refractivity contribution >= 4 is 29.1 Å². The number of nitrogens with one attached hydrogen (secondary N) is 1. The van der Waals surface area contributed by atoms with E-state index in [9.17, 15) is 17.8 Å². The number of esters is 1. The van der Waals surface area contributed by atoms with Crippen molar-refractivity contribution in [2.75, 3.05) is 23.8 Å². The molecule has 0 aliphatic carbocycles. The molecule has 1 aromatic rings. The van der Waals surface area contributed by atoms with E-state index in [4.69, 9.17) is 9.47 Å². The molecule has 1 aromatic carbocycles. The van der Waals surface area contributed by atoms with Gasteiger partial charge in [-0.3, -0.25) is 9.36 Å². The average molecular weight is 392 g/mol. The minimum atomic E-state index is -3.92. The summed E-state index contributed by atoms with van der Waals surface area (Å²) in [6.07, 6.45) is 0.189. The number of benzene rings is 1. The lowest BCUT2D eigenvalue weighted by atomic mass is 10.3. The Labute approximate surface area is 149 Å². The first kappa shape index (κ1) is 21.6. The number of para-hydroxylation sites is 1. The number of methoxy groups -OCH3 is 1. The Balaban J connectivity index is 3.28. The van der Waals surface area contributed by atoms with E-state index in [2.05, 4.69) is 5.09 Å². The largest absolute Gasteiger partial charge is 0.462 e. The van der Waals surface area contributed by atoms with Gasteiger partial charge in [0.15, 0.2) is 0 Å². The van der Waals surface area contributed by atoms with Gasteiger partial charge in [0, 0.05) is 7.11 Å². The van der Waals surface area contributed by atoms with Gasteiger partial charge in [-0.2, -0.15) is 0 Å². The molecule has 0 heterocycles. The summed E-state index contributed by atoms with van der Waals surface area (Å²) >= 11 is 0. The number of sulfonamides is 1. The molecule has 0 aliphatic heterocycles. The van der Waals surface area contributed by atoms with Crippen LogP contribution >= 0.6 is 7.44 Å². The highest BCUT2D eigenvalue weighted by Gasteiger charge is 2.40. The van der Waals surface area contributed by atoms with Crippen molar-refractivity contribution in [1.82, 2.24) is 5.09 Å². The first-order valence-corrected chi connectivity index (χ1v) is 11.3. The van der Waals surface area contributed by atoms with Crippen LogP contribution in [0.5, 0.6) is 0 Å². The summed E-state index contributed by atoms with van der Waals surface area (Å²) in [6.45, 7) is 4.83. The quantitative estimate of drug-likeness (QED) is 0.508. The van der Waals surface area contributed by atoms with Crippen LogP contribution in [0.4, 0.5) is 5.69 Å². The third-order valence-electron chi connectivity index (χ3n) is 2.99. The third kappa shape index (κ3) is 6.11. The van der Waals surface area contributed by atoms with Crippen LogP contribution in [0.2, 0.25) is 0 Å². The van der Waals surface area contributed by atoms with Crippen molar-refractivity contribution in [1.29, 1.82) is 0 Å². The molecule has 142 valence electrons. The van der Waals surface area contributed by atoms with E-state index < -0.39 is 35.8 Å². The molecule has 0 saturated heterocycles. The Morgan fingerprint density at radius 3 is 2.24 bits per heavy atom. The zero-order valence-electron chi connectivity index (χ0n) is 15.0. The SMILES string of the molecule is COCP(=O)(N[C@@H](C)C(=O)OC(C)C)N(c1ccccc1)S(C)(=O)=O.